The number of aromatic nitrogens is 1. The van der Waals surface area contributed by atoms with E-state index in [9.17, 15) is 0 Å². The Hall–Kier alpha value is -1.71. The van der Waals surface area contributed by atoms with Crippen LogP contribution < -0.4 is 5.73 Å². The smallest absolute Gasteiger partial charge is 0.114 e. The minimum atomic E-state index is -0.132. The lowest BCUT2D eigenvalue weighted by molar-refractivity contribution is 0.0341. The average Bonchev–Trinajstić information content (AvgIpc) is 2.49. The Labute approximate surface area is 120 Å². The van der Waals surface area contributed by atoms with Gasteiger partial charge in [0.2, 0.25) is 0 Å². The average molecular weight is 270 g/mol. The molecule has 1 heterocycles. The van der Waals surface area contributed by atoms with E-state index < -0.39 is 0 Å². The third kappa shape index (κ3) is 4.44. The fourth-order valence-corrected chi connectivity index (χ4v) is 2.18. The van der Waals surface area contributed by atoms with Crippen LogP contribution >= 0.6 is 0 Å². The molecule has 0 radical (unpaired) electrons. The van der Waals surface area contributed by atoms with Gasteiger partial charge in [0.1, 0.15) is 6.10 Å². The second-order valence-electron chi connectivity index (χ2n) is 4.99. The van der Waals surface area contributed by atoms with Crippen LogP contribution in [0.25, 0.3) is 0 Å². The minimum absolute atomic E-state index is 0.0679. The summed E-state index contributed by atoms with van der Waals surface area (Å²) >= 11 is 0. The Morgan fingerprint density at radius 3 is 2.50 bits per heavy atom. The Morgan fingerprint density at radius 1 is 1.10 bits per heavy atom. The molecular weight excluding hydrogens is 248 g/mol. The van der Waals surface area contributed by atoms with Gasteiger partial charge in [0, 0.05) is 18.8 Å². The maximum atomic E-state index is 6.00. The predicted octanol–water partition coefficient (Wildman–Crippen LogP) is 3.12. The van der Waals surface area contributed by atoms with Crippen LogP contribution in [-0.2, 0) is 11.2 Å². The maximum absolute atomic E-state index is 6.00. The third-order valence-electron chi connectivity index (χ3n) is 3.21. The largest absolute Gasteiger partial charge is 0.370 e. The summed E-state index contributed by atoms with van der Waals surface area (Å²) in [5, 5.41) is 0. The van der Waals surface area contributed by atoms with Crippen LogP contribution in [0, 0.1) is 0 Å². The zero-order valence-corrected chi connectivity index (χ0v) is 11.9. The number of hydrogen-bond acceptors (Lipinski definition) is 3. The number of hydrogen-bond donors (Lipinski definition) is 1. The van der Waals surface area contributed by atoms with Gasteiger partial charge in [-0.2, -0.15) is 0 Å². The van der Waals surface area contributed by atoms with Crippen molar-refractivity contribution in [3.8, 4) is 0 Å². The summed E-state index contributed by atoms with van der Waals surface area (Å²) < 4.78 is 5.92. The zero-order chi connectivity index (χ0) is 14.2. The van der Waals surface area contributed by atoms with E-state index in [0.717, 1.165) is 18.5 Å². The Balaban J connectivity index is 1.82. The van der Waals surface area contributed by atoms with Crippen LogP contribution in [0.5, 0.6) is 0 Å². The molecule has 2 atom stereocenters. The molecule has 0 fully saturated rings. The number of benzene rings is 1. The van der Waals surface area contributed by atoms with E-state index >= 15 is 0 Å². The molecule has 0 amide bonds. The van der Waals surface area contributed by atoms with Crippen molar-refractivity contribution in [2.24, 2.45) is 5.73 Å². The number of pyridine rings is 1. The van der Waals surface area contributed by atoms with E-state index in [-0.39, 0.29) is 12.1 Å². The molecule has 3 heteroatoms. The normalized spacial score (nSPS) is 13.9. The number of rotatable bonds is 7. The summed E-state index contributed by atoms with van der Waals surface area (Å²) in [5.41, 5.74) is 8.24. The molecule has 0 saturated heterocycles. The Bertz CT molecular complexity index is 485. The summed E-state index contributed by atoms with van der Waals surface area (Å²) in [6.45, 7) is 2.65. The quantitative estimate of drug-likeness (QED) is 0.786. The number of nitrogens with two attached hydrogens (primary N) is 1. The van der Waals surface area contributed by atoms with Crippen LogP contribution in [0.1, 0.15) is 30.7 Å². The van der Waals surface area contributed by atoms with Gasteiger partial charge in [0.25, 0.3) is 0 Å². The van der Waals surface area contributed by atoms with Gasteiger partial charge >= 0.3 is 0 Å². The molecule has 2 rings (SSSR count). The molecule has 0 saturated carbocycles. The fourth-order valence-electron chi connectivity index (χ4n) is 2.18. The second-order valence-corrected chi connectivity index (χ2v) is 4.99. The molecule has 0 aliphatic carbocycles. The summed E-state index contributed by atoms with van der Waals surface area (Å²) in [6, 6.07) is 16.2. The molecule has 1 aromatic carbocycles. The Kier molecular flexibility index (Phi) is 5.71. The molecule has 1 aromatic heterocycles. The van der Waals surface area contributed by atoms with Crippen LogP contribution in [0.4, 0.5) is 0 Å². The van der Waals surface area contributed by atoms with Crippen LogP contribution in [0.2, 0.25) is 0 Å². The highest BCUT2D eigenvalue weighted by molar-refractivity contribution is 5.14. The van der Waals surface area contributed by atoms with Crippen molar-refractivity contribution >= 4 is 0 Å². The van der Waals surface area contributed by atoms with Crippen LogP contribution in [-0.4, -0.2) is 17.6 Å². The fraction of sp³-hybridized carbons (Fsp3) is 0.353. The van der Waals surface area contributed by atoms with Crippen LogP contribution in [0.3, 0.4) is 0 Å². The van der Waals surface area contributed by atoms with Gasteiger partial charge in [-0.15, -0.1) is 0 Å². The molecule has 0 spiro atoms. The molecule has 2 unspecified atom stereocenters. The van der Waals surface area contributed by atoms with Crippen molar-refractivity contribution in [3.63, 3.8) is 0 Å². The standard InChI is InChI=1S/C17H22N2O/c1-14(18)17(16-11-5-6-12-19-16)20-13-7-10-15-8-3-2-4-9-15/h2-6,8-9,11-12,14,17H,7,10,13,18H2,1H3. The highest BCUT2D eigenvalue weighted by Crippen LogP contribution is 2.18. The maximum Gasteiger partial charge on any atom is 0.114 e. The summed E-state index contributed by atoms with van der Waals surface area (Å²) in [6.07, 6.45) is 3.65. The van der Waals surface area contributed by atoms with Crippen molar-refractivity contribution in [1.29, 1.82) is 0 Å². The first kappa shape index (κ1) is 14.7. The molecule has 2 N–H and O–H groups in total. The number of nitrogens with zero attached hydrogens (tertiary/aromatic N) is 1. The molecule has 0 bridgehead atoms. The SMILES string of the molecule is CC(N)C(OCCCc1ccccc1)c1ccccn1. The van der Waals surface area contributed by atoms with E-state index in [1.807, 2.05) is 31.2 Å². The lowest BCUT2D eigenvalue weighted by Gasteiger charge is -2.20. The van der Waals surface area contributed by atoms with E-state index in [0.29, 0.717) is 6.61 Å². The number of ether oxygens (including phenoxy) is 1. The van der Waals surface area contributed by atoms with Gasteiger partial charge in [-0.05, 0) is 37.5 Å². The van der Waals surface area contributed by atoms with E-state index in [1.54, 1.807) is 6.20 Å². The predicted molar refractivity (Wildman–Crippen MR) is 81.3 cm³/mol. The highest BCUT2D eigenvalue weighted by atomic mass is 16.5. The molecule has 0 aliphatic rings. The topological polar surface area (TPSA) is 48.1 Å². The van der Waals surface area contributed by atoms with Gasteiger partial charge in [0.05, 0.1) is 5.69 Å². The van der Waals surface area contributed by atoms with Gasteiger partial charge in [-0.1, -0.05) is 36.4 Å². The van der Waals surface area contributed by atoms with Crippen molar-refractivity contribution in [2.75, 3.05) is 6.61 Å². The first-order chi connectivity index (χ1) is 9.77. The first-order valence-corrected chi connectivity index (χ1v) is 7.09. The van der Waals surface area contributed by atoms with Crippen molar-refractivity contribution in [1.82, 2.24) is 4.98 Å². The van der Waals surface area contributed by atoms with Gasteiger partial charge in [0.15, 0.2) is 0 Å². The lowest BCUT2D eigenvalue weighted by atomic mass is 10.1. The summed E-state index contributed by atoms with van der Waals surface area (Å²) in [4.78, 5) is 4.33. The van der Waals surface area contributed by atoms with Gasteiger partial charge in [-0.25, -0.2) is 0 Å². The molecule has 3 nitrogen and oxygen atoms in total. The van der Waals surface area contributed by atoms with E-state index in [4.69, 9.17) is 10.5 Å². The number of aryl methyl sites for hydroxylation is 1. The van der Waals surface area contributed by atoms with Crippen molar-refractivity contribution in [3.05, 3.63) is 66.0 Å². The van der Waals surface area contributed by atoms with Crippen LogP contribution in [0.15, 0.2) is 54.7 Å². The molecule has 20 heavy (non-hydrogen) atoms. The molecular formula is C17H22N2O. The zero-order valence-electron chi connectivity index (χ0n) is 11.9. The van der Waals surface area contributed by atoms with E-state index in [2.05, 4.69) is 29.2 Å². The summed E-state index contributed by atoms with van der Waals surface area (Å²) in [5.74, 6) is 0. The van der Waals surface area contributed by atoms with Gasteiger partial charge in [-0.3, -0.25) is 4.98 Å². The molecule has 0 aliphatic heterocycles. The second kappa shape index (κ2) is 7.78. The minimum Gasteiger partial charge on any atom is -0.370 e. The highest BCUT2D eigenvalue weighted by Gasteiger charge is 2.17. The van der Waals surface area contributed by atoms with Crippen molar-refractivity contribution < 1.29 is 4.74 Å². The molecule has 106 valence electrons. The van der Waals surface area contributed by atoms with Gasteiger partial charge < -0.3 is 10.5 Å². The Morgan fingerprint density at radius 2 is 1.85 bits per heavy atom. The third-order valence-corrected chi connectivity index (χ3v) is 3.21. The first-order valence-electron chi connectivity index (χ1n) is 7.09. The van der Waals surface area contributed by atoms with Crippen molar-refractivity contribution in [2.45, 2.75) is 31.9 Å². The lowest BCUT2D eigenvalue weighted by Crippen LogP contribution is -2.28. The monoisotopic (exact) mass is 270 g/mol. The van der Waals surface area contributed by atoms with E-state index in [1.165, 1.54) is 5.56 Å². The summed E-state index contributed by atoms with van der Waals surface area (Å²) in [7, 11) is 0. The molecule has 2 aromatic rings.